The van der Waals surface area contributed by atoms with Gasteiger partial charge in [0, 0.05) is 17.7 Å². The highest BCUT2D eigenvalue weighted by Gasteiger charge is 2.16. The summed E-state index contributed by atoms with van der Waals surface area (Å²) < 4.78 is 18.3. The third kappa shape index (κ3) is 3.34. The number of pyridine rings is 1. The number of benzene rings is 1. The Morgan fingerprint density at radius 1 is 1.30 bits per heavy atom. The summed E-state index contributed by atoms with van der Waals surface area (Å²) in [7, 11) is 0. The fourth-order valence-electron chi connectivity index (χ4n) is 1.46. The Bertz CT molecular complexity index is 667. The van der Waals surface area contributed by atoms with Crippen LogP contribution in [0.4, 0.5) is 10.1 Å². The van der Waals surface area contributed by atoms with Crippen molar-refractivity contribution < 1.29 is 14.1 Å². The molecule has 0 unspecified atom stereocenters. The summed E-state index contributed by atoms with van der Waals surface area (Å²) >= 11 is 11.5. The molecule has 0 bridgehead atoms. The first kappa shape index (κ1) is 14.5. The number of ether oxygens (including phenoxy) is 1. The van der Waals surface area contributed by atoms with E-state index in [1.54, 1.807) is 6.07 Å². The Balaban J connectivity index is 2.22. The molecule has 0 aliphatic carbocycles. The fourth-order valence-corrected chi connectivity index (χ4v) is 1.86. The van der Waals surface area contributed by atoms with Gasteiger partial charge in [-0.3, -0.25) is 10.1 Å². The van der Waals surface area contributed by atoms with Crippen molar-refractivity contribution in [3.63, 3.8) is 0 Å². The zero-order valence-corrected chi connectivity index (χ0v) is 11.4. The molecule has 2 rings (SSSR count). The second-order valence-electron chi connectivity index (χ2n) is 3.74. The molecule has 8 heteroatoms. The van der Waals surface area contributed by atoms with Gasteiger partial charge < -0.3 is 4.74 Å². The highest BCUT2D eigenvalue weighted by Crippen LogP contribution is 2.29. The summed E-state index contributed by atoms with van der Waals surface area (Å²) in [5.41, 5.74) is 0.152. The molecule has 0 fully saturated rings. The van der Waals surface area contributed by atoms with Crippen molar-refractivity contribution in [3.8, 4) is 5.75 Å². The number of hydrogen-bond donors (Lipinski definition) is 0. The number of nitrogens with zero attached hydrogens (tertiary/aromatic N) is 2. The van der Waals surface area contributed by atoms with Crippen LogP contribution < -0.4 is 4.74 Å². The van der Waals surface area contributed by atoms with Crippen LogP contribution in [0.5, 0.6) is 5.75 Å². The normalized spacial score (nSPS) is 10.3. The van der Waals surface area contributed by atoms with E-state index in [1.165, 1.54) is 6.07 Å². The first-order valence-corrected chi connectivity index (χ1v) is 6.10. The van der Waals surface area contributed by atoms with Crippen molar-refractivity contribution in [1.29, 1.82) is 0 Å². The minimum Gasteiger partial charge on any atom is -0.482 e. The van der Waals surface area contributed by atoms with Crippen molar-refractivity contribution >= 4 is 28.9 Å². The van der Waals surface area contributed by atoms with Gasteiger partial charge in [0.05, 0.1) is 4.92 Å². The van der Waals surface area contributed by atoms with Crippen LogP contribution >= 0.6 is 23.2 Å². The van der Waals surface area contributed by atoms with Crippen LogP contribution in [-0.4, -0.2) is 9.91 Å². The molecule has 0 saturated heterocycles. The largest absolute Gasteiger partial charge is 0.482 e. The van der Waals surface area contributed by atoms with Gasteiger partial charge in [0.1, 0.15) is 22.7 Å². The molecule has 0 N–H and O–H groups in total. The van der Waals surface area contributed by atoms with E-state index < -0.39 is 10.7 Å². The van der Waals surface area contributed by atoms with Crippen LogP contribution in [0, 0.1) is 15.9 Å². The number of nitro groups is 1. The molecule has 1 aromatic carbocycles. The van der Waals surface area contributed by atoms with Crippen molar-refractivity contribution in [3.05, 3.63) is 62.1 Å². The Labute approximate surface area is 123 Å². The van der Waals surface area contributed by atoms with Crippen LogP contribution in [0.25, 0.3) is 0 Å². The van der Waals surface area contributed by atoms with Crippen molar-refractivity contribution in [2.75, 3.05) is 0 Å². The van der Waals surface area contributed by atoms with E-state index in [0.29, 0.717) is 5.56 Å². The number of hydrogen-bond acceptors (Lipinski definition) is 4. The molecule has 0 radical (unpaired) electrons. The quantitative estimate of drug-likeness (QED) is 0.485. The minimum atomic E-state index is -0.656. The Hall–Kier alpha value is -1.92. The summed E-state index contributed by atoms with van der Waals surface area (Å²) in [6, 6.07) is 6.04. The van der Waals surface area contributed by atoms with E-state index >= 15 is 0 Å². The number of rotatable bonds is 4. The fraction of sp³-hybridized carbons (Fsp3) is 0.0833. The van der Waals surface area contributed by atoms with Gasteiger partial charge in [-0.05, 0) is 18.2 Å². The maximum atomic E-state index is 13.1. The van der Waals surface area contributed by atoms with Gasteiger partial charge in [0.15, 0.2) is 5.75 Å². The van der Waals surface area contributed by atoms with Gasteiger partial charge in [-0.2, -0.15) is 0 Å². The maximum absolute atomic E-state index is 13.1. The molecule has 0 saturated carbocycles. The van der Waals surface area contributed by atoms with E-state index in [2.05, 4.69) is 4.98 Å². The van der Waals surface area contributed by atoms with Crippen molar-refractivity contribution in [1.82, 2.24) is 4.98 Å². The van der Waals surface area contributed by atoms with Gasteiger partial charge in [-0.1, -0.05) is 23.2 Å². The highest BCUT2D eigenvalue weighted by atomic mass is 35.5. The smallest absolute Gasteiger partial charge is 0.311 e. The zero-order valence-electron chi connectivity index (χ0n) is 9.85. The number of halogens is 3. The van der Waals surface area contributed by atoms with Gasteiger partial charge >= 0.3 is 5.69 Å². The molecule has 5 nitrogen and oxygen atoms in total. The molecule has 1 aromatic heterocycles. The van der Waals surface area contributed by atoms with Gasteiger partial charge in [0.25, 0.3) is 0 Å². The molecule has 2 aromatic rings. The molecule has 0 aliphatic heterocycles. The SMILES string of the molecule is O=[N+]([O-])c1ccc(F)cc1OCc1ccc(Cl)nc1Cl. The molecule has 1 heterocycles. The molecule has 104 valence electrons. The van der Waals surface area contributed by atoms with E-state index in [1.807, 2.05) is 0 Å². The van der Waals surface area contributed by atoms with Crippen LogP contribution in [0.15, 0.2) is 30.3 Å². The van der Waals surface area contributed by atoms with Crippen LogP contribution in [0.1, 0.15) is 5.56 Å². The monoisotopic (exact) mass is 316 g/mol. The van der Waals surface area contributed by atoms with Gasteiger partial charge in [-0.15, -0.1) is 0 Å². The van der Waals surface area contributed by atoms with Gasteiger partial charge in [-0.25, -0.2) is 9.37 Å². The Morgan fingerprint density at radius 2 is 2.05 bits per heavy atom. The summed E-state index contributed by atoms with van der Waals surface area (Å²) in [5, 5.41) is 11.1. The summed E-state index contributed by atoms with van der Waals surface area (Å²) in [5.74, 6) is -0.813. The lowest BCUT2D eigenvalue weighted by Crippen LogP contribution is -2.01. The second-order valence-corrected chi connectivity index (χ2v) is 4.49. The van der Waals surface area contributed by atoms with Crippen molar-refractivity contribution in [2.45, 2.75) is 6.61 Å². The summed E-state index contributed by atoms with van der Waals surface area (Å²) in [6.45, 7) is -0.0900. The topological polar surface area (TPSA) is 65.3 Å². The maximum Gasteiger partial charge on any atom is 0.311 e. The molecular formula is C12H7Cl2FN2O3. The lowest BCUT2D eigenvalue weighted by Gasteiger charge is -2.08. The molecule has 0 amide bonds. The summed E-state index contributed by atoms with van der Waals surface area (Å²) in [6.07, 6.45) is 0. The first-order valence-electron chi connectivity index (χ1n) is 5.35. The minimum absolute atomic E-state index is 0.0900. The molecule has 0 spiro atoms. The zero-order chi connectivity index (χ0) is 14.7. The van der Waals surface area contributed by atoms with Crippen LogP contribution in [-0.2, 0) is 6.61 Å². The van der Waals surface area contributed by atoms with Crippen LogP contribution in [0.2, 0.25) is 10.3 Å². The lowest BCUT2D eigenvalue weighted by molar-refractivity contribution is -0.386. The lowest BCUT2D eigenvalue weighted by atomic mass is 10.2. The molecule has 0 atom stereocenters. The van der Waals surface area contributed by atoms with Gasteiger partial charge in [0.2, 0.25) is 0 Å². The second kappa shape index (κ2) is 6.02. The average molecular weight is 317 g/mol. The molecule has 20 heavy (non-hydrogen) atoms. The predicted octanol–water partition coefficient (Wildman–Crippen LogP) is 4.01. The Morgan fingerprint density at radius 3 is 2.70 bits per heavy atom. The number of nitro benzene ring substituents is 1. The van der Waals surface area contributed by atoms with E-state index in [4.69, 9.17) is 27.9 Å². The molecule has 0 aliphatic rings. The number of aromatic nitrogens is 1. The third-order valence-electron chi connectivity index (χ3n) is 2.39. The van der Waals surface area contributed by atoms with Crippen LogP contribution in [0.3, 0.4) is 0 Å². The summed E-state index contributed by atoms with van der Waals surface area (Å²) in [4.78, 5) is 14.0. The van der Waals surface area contributed by atoms with E-state index in [-0.39, 0.29) is 28.3 Å². The predicted molar refractivity (Wildman–Crippen MR) is 71.6 cm³/mol. The highest BCUT2D eigenvalue weighted by molar-refractivity contribution is 6.32. The standard InChI is InChI=1S/C12H7Cl2FN2O3/c13-11-4-1-7(12(14)16-11)6-20-10-5-8(15)2-3-9(10)17(18)19/h1-5H,6H2. The van der Waals surface area contributed by atoms with E-state index in [9.17, 15) is 14.5 Å². The van der Waals surface area contributed by atoms with E-state index in [0.717, 1.165) is 18.2 Å². The van der Waals surface area contributed by atoms with Crippen molar-refractivity contribution in [2.24, 2.45) is 0 Å². The Kier molecular flexibility index (Phi) is 4.36. The first-order chi connectivity index (χ1) is 9.47. The third-order valence-corrected chi connectivity index (χ3v) is 2.93. The average Bonchev–Trinajstić information content (AvgIpc) is 2.37. The molecular weight excluding hydrogens is 310 g/mol.